The number of furan rings is 1. The molecule has 0 bridgehead atoms. The average molecular weight is 334 g/mol. The number of hydrogen-bond donors (Lipinski definition) is 0. The zero-order valence-electron chi connectivity index (χ0n) is 13.9. The Kier molecular flexibility index (Phi) is 5.85. The highest BCUT2D eigenvalue weighted by Gasteiger charge is 2.31. The molecule has 5 heteroatoms. The van der Waals surface area contributed by atoms with Crippen LogP contribution < -0.4 is 5.01 Å². The van der Waals surface area contributed by atoms with Crippen molar-refractivity contribution in [2.75, 3.05) is 25.6 Å². The summed E-state index contributed by atoms with van der Waals surface area (Å²) in [6.07, 6.45) is 1.92. The summed E-state index contributed by atoms with van der Waals surface area (Å²) >= 11 is 0. The van der Waals surface area contributed by atoms with Gasteiger partial charge in [0.15, 0.2) is 0 Å². The summed E-state index contributed by atoms with van der Waals surface area (Å²) in [7, 11) is 4.19. The van der Waals surface area contributed by atoms with E-state index >= 15 is 0 Å². The van der Waals surface area contributed by atoms with E-state index < -0.39 is 0 Å². The second-order valence-corrected chi connectivity index (χ2v) is 6.07. The number of aryl methyl sites for hydroxylation is 1. The molecule has 3 rings (SSSR count). The normalized spacial score (nSPS) is 17.3. The highest BCUT2D eigenvalue weighted by Crippen LogP contribution is 2.36. The Morgan fingerprint density at radius 3 is 2.52 bits per heavy atom. The number of rotatable bonds is 5. The van der Waals surface area contributed by atoms with Gasteiger partial charge in [0.25, 0.3) is 0 Å². The molecule has 2 heterocycles. The Morgan fingerprint density at radius 1 is 1.17 bits per heavy atom. The van der Waals surface area contributed by atoms with Crippen LogP contribution in [0.5, 0.6) is 0 Å². The van der Waals surface area contributed by atoms with Gasteiger partial charge in [-0.05, 0) is 45.3 Å². The second kappa shape index (κ2) is 7.66. The molecule has 1 aromatic carbocycles. The lowest BCUT2D eigenvalue weighted by Gasteiger charge is -2.21. The first kappa shape index (κ1) is 17.6. The molecule has 0 N–H and O–H groups in total. The van der Waals surface area contributed by atoms with Gasteiger partial charge >= 0.3 is 0 Å². The molecule has 0 amide bonds. The summed E-state index contributed by atoms with van der Waals surface area (Å²) < 4.78 is 5.87. The first-order valence-corrected chi connectivity index (χ1v) is 7.75. The van der Waals surface area contributed by atoms with Crippen LogP contribution in [0.4, 0.5) is 5.69 Å². The van der Waals surface area contributed by atoms with Gasteiger partial charge in [0.2, 0.25) is 0 Å². The molecule has 1 aromatic heterocycles. The van der Waals surface area contributed by atoms with Gasteiger partial charge in [-0.1, -0.05) is 18.2 Å². The lowest BCUT2D eigenvalue weighted by atomic mass is 10.1. The van der Waals surface area contributed by atoms with Gasteiger partial charge in [0, 0.05) is 25.1 Å². The zero-order valence-corrected chi connectivity index (χ0v) is 14.7. The Labute approximate surface area is 144 Å². The maximum atomic E-state index is 5.87. The van der Waals surface area contributed by atoms with Gasteiger partial charge in [-0.3, -0.25) is 5.01 Å². The van der Waals surface area contributed by atoms with Crippen molar-refractivity contribution < 1.29 is 4.42 Å². The number of para-hydroxylation sites is 1. The number of hydrogen-bond acceptors (Lipinski definition) is 4. The third-order valence-corrected chi connectivity index (χ3v) is 3.93. The van der Waals surface area contributed by atoms with Crippen LogP contribution in [0, 0.1) is 6.92 Å². The molecule has 1 atom stereocenters. The van der Waals surface area contributed by atoms with Crippen molar-refractivity contribution >= 4 is 23.8 Å². The number of nitrogens with zero attached hydrogens (tertiary/aromatic N) is 3. The van der Waals surface area contributed by atoms with E-state index in [0.29, 0.717) is 0 Å². The molecule has 4 nitrogen and oxygen atoms in total. The predicted octanol–water partition coefficient (Wildman–Crippen LogP) is 4.27. The Balaban J connectivity index is 0.00000192. The van der Waals surface area contributed by atoms with Crippen molar-refractivity contribution in [2.24, 2.45) is 5.10 Å². The van der Waals surface area contributed by atoms with Gasteiger partial charge < -0.3 is 9.32 Å². The minimum Gasteiger partial charge on any atom is -0.464 e. The van der Waals surface area contributed by atoms with Crippen LogP contribution in [0.15, 0.2) is 52.0 Å². The first-order valence-electron chi connectivity index (χ1n) is 7.75. The molecule has 0 spiro atoms. The molecule has 0 fully saturated rings. The lowest BCUT2D eigenvalue weighted by molar-refractivity contribution is 0.420. The van der Waals surface area contributed by atoms with Gasteiger partial charge in [-0.25, -0.2) is 0 Å². The predicted molar refractivity (Wildman–Crippen MR) is 97.6 cm³/mol. The van der Waals surface area contributed by atoms with Crippen LogP contribution in [-0.4, -0.2) is 31.3 Å². The number of anilines is 1. The smallest absolute Gasteiger partial charge is 0.129 e. The summed E-state index contributed by atoms with van der Waals surface area (Å²) in [5.74, 6) is 1.94. The van der Waals surface area contributed by atoms with E-state index in [4.69, 9.17) is 9.52 Å². The Hall–Kier alpha value is -1.78. The van der Waals surface area contributed by atoms with Crippen molar-refractivity contribution in [3.05, 3.63) is 54.0 Å². The second-order valence-electron chi connectivity index (χ2n) is 6.07. The number of benzene rings is 1. The van der Waals surface area contributed by atoms with Gasteiger partial charge in [0.1, 0.15) is 17.6 Å². The summed E-state index contributed by atoms with van der Waals surface area (Å²) in [6, 6.07) is 14.6. The van der Waals surface area contributed by atoms with E-state index in [2.05, 4.69) is 42.2 Å². The van der Waals surface area contributed by atoms with E-state index in [1.54, 1.807) is 0 Å². The number of hydrazone groups is 1. The summed E-state index contributed by atoms with van der Waals surface area (Å²) in [4.78, 5) is 2.19. The average Bonchev–Trinajstić information content (AvgIpc) is 3.12. The third kappa shape index (κ3) is 4.15. The lowest BCUT2D eigenvalue weighted by Crippen LogP contribution is -2.18. The highest BCUT2D eigenvalue weighted by molar-refractivity contribution is 5.89. The van der Waals surface area contributed by atoms with Crippen LogP contribution in [0.3, 0.4) is 0 Å². The molecule has 0 aliphatic carbocycles. The Morgan fingerprint density at radius 2 is 1.91 bits per heavy atom. The Bertz CT molecular complexity index is 651. The SMILES string of the molecule is Cc1ccc(C2CC(CCN(C)C)=NN2c2ccccc2)o1.Cl. The van der Waals surface area contributed by atoms with Gasteiger partial charge in [-0.2, -0.15) is 5.10 Å². The minimum absolute atomic E-state index is 0. The fraction of sp³-hybridized carbons (Fsp3) is 0.389. The molecule has 1 unspecified atom stereocenters. The fourth-order valence-corrected chi connectivity index (χ4v) is 2.75. The minimum atomic E-state index is 0. The van der Waals surface area contributed by atoms with E-state index in [1.165, 1.54) is 5.71 Å². The molecule has 2 aromatic rings. The molecule has 1 aliphatic rings. The van der Waals surface area contributed by atoms with E-state index in [0.717, 1.165) is 36.6 Å². The van der Waals surface area contributed by atoms with Crippen molar-refractivity contribution in [2.45, 2.75) is 25.8 Å². The largest absolute Gasteiger partial charge is 0.464 e. The quantitative estimate of drug-likeness (QED) is 0.819. The van der Waals surface area contributed by atoms with Crippen LogP contribution in [0.25, 0.3) is 0 Å². The molecule has 0 saturated carbocycles. The van der Waals surface area contributed by atoms with Crippen LogP contribution >= 0.6 is 12.4 Å². The fourth-order valence-electron chi connectivity index (χ4n) is 2.75. The highest BCUT2D eigenvalue weighted by atomic mass is 35.5. The molecule has 0 radical (unpaired) electrons. The van der Waals surface area contributed by atoms with E-state index in [1.807, 2.05) is 31.2 Å². The monoisotopic (exact) mass is 333 g/mol. The topological polar surface area (TPSA) is 32.0 Å². The van der Waals surface area contributed by atoms with Crippen LogP contribution in [-0.2, 0) is 0 Å². The first-order chi connectivity index (χ1) is 10.6. The summed E-state index contributed by atoms with van der Waals surface area (Å²) in [5, 5.41) is 6.96. The maximum absolute atomic E-state index is 5.87. The van der Waals surface area contributed by atoms with Gasteiger partial charge in [-0.15, -0.1) is 12.4 Å². The molecular weight excluding hydrogens is 310 g/mol. The van der Waals surface area contributed by atoms with Gasteiger partial charge in [0.05, 0.1) is 5.69 Å². The molecule has 124 valence electrons. The van der Waals surface area contributed by atoms with E-state index in [9.17, 15) is 0 Å². The van der Waals surface area contributed by atoms with Crippen molar-refractivity contribution in [1.29, 1.82) is 0 Å². The molecule has 23 heavy (non-hydrogen) atoms. The van der Waals surface area contributed by atoms with Crippen LogP contribution in [0.2, 0.25) is 0 Å². The molecule has 1 aliphatic heterocycles. The van der Waals surface area contributed by atoms with Crippen molar-refractivity contribution in [3.63, 3.8) is 0 Å². The van der Waals surface area contributed by atoms with Crippen LogP contribution in [0.1, 0.15) is 30.4 Å². The summed E-state index contributed by atoms with van der Waals surface area (Å²) in [6.45, 7) is 3.00. The molecular formula is C18H24ClN3O. The third-order valence-electron chi connectivity index (χ3n) is 3.93. The molecule has 0 saturated heterocycles. The summed E-state index contributed by atoms with van der Waals surface area (Å²) in [5.41, 5.74) is 2.35. The standard InChI is InChI=1S/C18H23N3O.ClH/c1-14-9-10-18(22-14)17-13-15(11-12-20(2)3)19-21(17)16-7-5-4-6-8-16;/h4-10,17H,11-13H2,1-3H3;1H. The van der Waals surface area contributed by atoms with E-state index in [-0.39, 0.29) is 18.4 Å². The van der Waals surface area contributed by atoms with Crippen molar-refractivity contribution in [3.8, 4) is 0 Å². The maximum Gasteiger partial charge on any atom is 0.129 e. The zero-order chi connectivity index (χ0) is 15.5. The van der Waals surface area contributed by atoms with Crippen molar-refractivity contribution in [1.82, 2.24) is 4.90 Å². The number of halogens is 1.